The first-order valence-corrected chi connectivity index (χ1v) is 12.4. The number of hydrogen-bond donors (Lipinski definition) is 1. The molecule has 0 saturated heterocycles. The summed E-state index contributed by atoms with van der Waals surface area (Å²) in [6.45, 7) is 9.24. The summed E-state index contributed by atoms with van der Waals surface area (Å²) in [4.78, 5) is 18.3. The van der Waals surface area contributed by atoms with E-state index in [-0.39, 0.29) is 22.4 Å². The molecular formula is C24H26N4O4S. The first-order valence-electron chi connectivity index (χ1n) is 10.7. The van der Waals surface area contributed by atoms with Crippen molar-refractivity contribution in [1.29, 1.82) is 0 Å². The van der Waals surface area contributed by atoms with Gasteiger partial charge < -0.3 is 9.73 Å². The summed E-state index contributed by atoms with van der Waals surface area (Å²) in [5, 5.41) is 7.80. The zero-order valence-corrected chi connectivity index (χ0v) is 20.0. The normalized spacial score (nSPS) is 11.9. The van der Waals surface area contributed by atoms with Crippen molar-refractivity contribution in [3.63, 3.8) is 0 Å². The number of rotatable bonds is 6. The fraction of sp³-hybridized carbons (Fsp3) is 0.292. The number of nitrogens with zero attached hydrogens (tertiary/aromatic N) is 3. The van der Waals surface area contributed by atoms with E-state index in [9.17, 15) is 13.2 Å². The molecule has 4 aromatic rings. The molecule has 4 rings (SSSR count). The highest BCUT2D eigenvalue weighted by Crippen LogP contribution is 2.31. The predicted molar refractivity (Wildman–Crippen MR) is 127 cm³/mol. The van der Waals surface area contributed by atoms with Gasteiger partial charge in [0.2, 0.25) is 0 Å². The molecule has 9 heteroatoms. The zero-order valence-electron chi connectivity index (χ0n) is 19.2. The highest BCUT2D eigenvalue weighted by molar-refractivity contribution is 7.91. The van der Waals surface area contributed by atoms with Crippen molar-refractivity contribution in [3.8, 4) is 11.3 Å². The summed E-state index contributed by atoms with van der Waals surface area (Å²) in [5.74, 6) is 0.930. The van der Waals surface area contributed by atoms with Crippen LogP contribution >= 0.6 is 0 Å². The van der Waals surface area contributed by atoms with Gasteiger partial charge in [-0.2, -0.15) is 5.10 Å². The fourth-order valence-corrected chi connectivity index (χ4v) is 4.84. The number of anilines is 1. The highest BCUT2D eigenvalue weighted by atomic mass is 32.2. The van der Waals surface area contributed by atoms with Gasteiger partial charge >= 0.3 is 0 Å². The second-order valence-corrected chi connectivity index (χ2v) is 10.4. The van der Waals surface area contributed by atoms with Gasteiger partial charge in [-0.3, -0.25) is 4.79 Å². The molecule has 0 bridgehead atoms. The van der Waals surface area contributed by atoms with Crippen LogP contribution in [-0.2, 0) is 9.84 Å². The number of amides is 1. The maximum atomic E-state index is 13.5. The monoisotopic (exact) mass is 466 g/mol. The molecule has 3 aromatic heterocycles. The Morgan fingerprint density at radius 3 is 2.55 bits per heavy atom. The number of pyridine rings is 1. The molecule has 0 aliphatic carbocycles. The minimum atomic E-state index is -3.52. The number of carbonyl (C=O) groups is 1. The molecular weight excluding hydrogens is 440 g/mol. The van der Waals surface area contributed by atoms with Crippen molar-refractivity contribution in [3.05, 3.63) is 59.7 Å². The molecule has 1 N–H and O–H groups in total. The lowest BCUT2D eigenvalue weighted by molar-refractivity contribution is 0.102. The number of carbonyl (C=O) groups excluding carboxylic acids is 1. The van der Waals surface area contributed by atoms with Gasteiger partial charge in [0.1, 0.15) is 11.5 Å². The van der Waals surface area contributed by atoms with Crippen molar-refractivity contribution in [2.45, 2.75) is 45.6 Å². The maximum Gasteiger partial charge on any atom is 0.256 e. The van der Waals surface area contributed by atoms with E-state index in [1.54, 1.807) is 42.1 Å². The Hall–Kier alpha value is -3.46. The first-order chi connectivity index (χ1) is 15.6. The van der Waals surface area contributed by atoms with Crippen LogP contribution in [0.15, 0.2) is 51.9 Å². The van der Waals surface area contributed by atoms with Crippen LogP contribution in [0.1, 0.15) is 48.7 Å². The number of benzene rings is 1. The van der Waals surface area contributed by atoms with Crippen molar-refractivity contribution in [2.24, 2.45) is 0 Å². The van der Waals surface area contributed by atoms with Gasteiger partial charge in [-0.05, 0) is 52.0 Å². The molecule has 1 amide bonds. The largest absolute Gasteiger partial charge is 0.466 e. The summed E-state index contributed by atoms with van der Waals surface area (Å²) in [5.41, 5.74) is 2.53. The molecule has 172 valence electrons. The number of nitrogens with one attached hydrogen (secondary N) is 1. The summed E-state index contributed by atoms with van der Waals surface area (Å²) in [6, 6.07) is 10.0. The van der Waals surface area contributed by atoms with Gasteiger partial charge in [0.05, 0.1) is 39.2 Å². The molecule has 1 aromatic carbocycles. The van der Waals surface area contributed by atoms with Gasteiger partial charge in [0.25, 0.3) is 5.91 Å². The molecule has 0 radical (unpaired) electrons. The molecule has 0 unspecified atom stereocenters. The minimum Gasteiger partial charge on any atom is -0.466 e. The van der Waals surface area contributed by atoms with Crippen LogP contribution < -0.4 is 5.32 Å². The molecule has 0 aliphatic rings. The van der Waals surface area contributed by atoms with E-state index < -0.39 is 15.7 Å². The van der Waals surface area contributed by atoms with E-state index in [0.29, 0.717) is 28.1 Å². The van der Waals surface area contributed by atoms with Crippen LogP contribution in [-0.4, -0.2) is 34.8 Å². The van der Waals surface area contributed by atoms with Crippen LogP contribution in [0.3, 0.4) is 0 Å². The number of fused-ring (bicyclic) bond motifs is 1. The summed E-state index contributed by atoms with van der Waals surface area (Å²) >= 11 is 0. The van der Waals surface area contributed by atoms with Gasteiger partial charge in [-0.15, -0.1) is 0 Å². The summed E-state index contributed by atoms with van der Waals surface area (Å²) in [6.07, 6.45) is 1.61. The van der Waals surface area contributed by atoms with Crippen molar-refractivity contribution >= 4 is 32.5 Å². The number of sulfone groups is 1. The van der Waals surface area contributed by atoms with E-state index in [2.05, 4.69) is 10.4 Å². The van der Waals surface area contributed by atoms with E-state index in [0.717, 1.165) is 11.3 Å². The number of furan rings is 1. The third-order valence-electron chi connectivity index (χ3n) is 5.47. The number of aromatic nitrogens is 3. The topological polar surface area (TPSA) is 107 Å². The average molecular weight is 467 g/mol. The van der Waals surface area contributed by atoms with Gasteiger partial charge in [0, 0.05) is 11.6 Å². The fourth-order valence-electron chi connectivity index (χ4n) is 3.79. The van der Waals surface area contributed by atoms with E-state index in [1.165, 1.54) is 6.07 Å². The van der Waals surface area contributed by atoms with E-state index in [1.807, 2.05) is 33.8 Å². The van der Waals surface area contributed by atoms with Crippen molar-refractivity contribution < 1.29 is 17.6 Å². The van der Waals surface area contributed by atoms with Crippen LogP contribution in [0.25, 0.3) is 22.3 Å². The molecule has 0 saturated carbocycles. The lowest BCUT2D eigenvalue weighted by Crippen LogP contribution is -2.16. The Morgan fingerprint density at radius 1 is 1.18 bits per heavy atom. The standard InChI is InChI=1S/C24H26N4O4S/c1-6-33(30,31)22-10-8-7-9-20(22)27-24(29)18-12-21(17-11-15(4)32-16(17)5)26-23-19(18)13-25-28(23)14(2)3/h7-14H,6H2,1-5H3,(H,27,29). The molecule has 8 nitrogen and oxygen atoms in total. The smallest absolute Gasteiger partial charge is 0.256 e. The Labute approximate surface area is 192 Å². The zero-order chi connectivity index (χ0) is 23.9. The van der Waals surface area contributed by atoms with Crippen LogP contribution in [0.4, 0.5) is 5.69 Å². The average Bonchev–Trinajstić information content (AvgIpc) is 3.35. The van der Waals surface area contributed by atoms with Gasteiger partial charge in [-0.1, -0.05) is 19.1 Å². The second-order valence-electron chi connectivity index (χ2n) is 8.16. The lowest BCUT2D eigenvalue weighted by Gasteiger charge is -2.13. The van der Waals surface area contributed by atoms with E-state index >= 15 is 0 Å². The Balaban J connectivity index is 1.87. The molecule has 0 atom stereocenters. The van der Waals surface area contributed by atoms with Gasteiger partial charge in [-0.25, -0.2) is 18.1 Å². The molecule has 0 aliphatic heterocycles. The minimum absolute atomic E-state index is 0.0313. The Morgan fingerprint density at radius 2 is 1.91 bits per heavy atom. The summed E-state index contributed by atoms with van der Waals surface area (Å²) < 4.78 is 32.5. The third-order valence-corrected chi connectivity index (χ3v) is 7.25. The molecule has 3 heterocycles. The maximum absolute atomic E-state index is 13.5. The SMILES string of the molecule is CCS(=O)(=O)c1ccccc1NC(=O)c1cc(-c2cc(C)oc2C)nc2c1cnn2C(C)C. The third kappa shape index (κ3) is 4.16. The van der Waals surface area contributed by atoms with Gasteiger partial charge in [0.15, 0.2) is 15.5 Å². The lowest BCUT2D eigenvalue weighted by atomic mass is 10.1. The Kier molecular flexibility index (Phi) is 5.84. The number of hydrogen-bond acceptors (Lipinski definition) is 6. The van der Waals surface area contributed by atoms with E-state index in [4.69, 9.17) is 9.40 Å². The predicted octanol–water partition coefficient (Wildman–Crippen LogP) is 4.93. The Bertz CT molecular complexity index is 1470. The summed E-state index contributed by atoms with van der Waals surface area (Å²) in [7, 11) is -3.52. The van der Waals surface area contributed by atoms with Crippen molar-refractivity contribution in [1.82, 2.24) is 14.8 Å². The van der Waals surface area contributed by atoms with Crippen LogP contribution in [0.5, 0.6) is 0 Å². The quantitative estimate of drug-likeness (QED) is 0.431. The number of aryl methyl sites for hydroxylation is 2. The van der Waals surface area contributed by atoms with Crippen LogP contribution in [0, 0.1) is 13.8 Å². The van der Waals surface area contributed by atoms with Crippen molar-refractivity contribution in [2.75, 3.05) is 11.1 Å². The second kappa shape index (κ2) is 8.47. The van der Waals surface area contributed by atoms with Crippen LogP contribution in [0.2, 0.25) is 0 Å². The molecule has 0 spiro atoms. The number of para-hydroxylation sites is 1. The molecule has 33 heavy (non-hydrogen) atoms. The molecule has 0 fully saturated rings. The highest BCUT2D eigenvalue weighted by Gasteiger charge is 2.23. The first kappa shape index (κ1) is 22.7.